The van der Waals surface area contributed by atoms with Gasteiger partial charge in [0.25, 0.3) is 5.91 Å². The van der Waals surface area contributed by atoms with Crippen molar-refractivity contribution in [3.63, 3.8) is 0 Å². The van der Waals surface area contributed by atoms with Gasteiger partial charge in [-0.2, -0.15) is 0 Å². The summed E-state index contributed by atoms with van der Waals surface area (Å²) in [6.07, 6.45) is 4.67. The number of piperazine rings is 1. The molecule has 0 aliphatic carbocycles. The summed E-state index contributed by atoms with van der Waals surface area (Å²) in [5.74, 6) is -0.739. The number of methoxy groups -OCH3 is 1. The Bertz CT molecular complexity index is 660. The van der Waals surface area contributed by atoms with Crippen LogP contribution in [0.4, 0.5) is 0 Å². The maximum atomic E-state index is 12.8. The molecule has 2 aliphatic rings. The third kappa shape index (κ3) is 3.85. The molecule has 3 heterocycles. The molecule has 26 heavy (non-hydrogen) atoms. The van der Waals surface area contributed by atoms with E-state index in [0.29, 0.717) is 18.7 Å². The smallest absolute Gasteiger partial charge is 0.330 e. The Morgan fingerprint density at radius 2 is 2.00 bits per heavy atom. The highest BCUT2D eigenvalue weighted by molar-refractivity contribution is 5.97. The van der Waals surface area contributed by atoms with Crippen molar-refractivity contribution < 1.29 is 19.1 Å². The minimum absolute atomic E-state index is 0.0184. The summed E-state index contributed by atoms with van der Waals surface area (Å²) >= 11 is 0. The first-order chi connectivity index (χ1) is 12.6. The van der Waals surface area contributed by atoms with Crippen molar-refractivity contribution in [1.82, 2.24) is 20.1 Å². The van der Waals surface area contributed by atoms with Crippen LogP contribution in [0.25, 0.3) is 0 Å². The van der Waals surface area contributed by atoms with E-state index < -0.39 is 12.0 Å². The number of aromatic nitrogens is 1. The van der Waals surface area contributed by atoms with Gasteiger partial charge < -0.3 is 19.9 Å². The van der Waals surface area contributed by atoms with Gasteiger partial charge in [0.2, 0.25) is 5.91 Å². The third-order valence-electron chi connectivity index (χ3n) is 5.02. The van der Waals surface area contributed by atoms with Gasteiger partial charge in [-0.15, -0.1) is 0 Å². The number of nitrogens with one attached hydrogen (secondary N) is 1. The zero-order valence-electron chi connectivity index (χ0n) is 14.9. The normalized spacial score (nSPS) is 21.3. The first-order valence-electron chi connectivity index (χ1n) is 8.90. The molecule has 0 aromatic carbocycles. The first kappa shape index (κ1) is 18.3. The zero-order valence-corrected chi connectivity index (χ0v) is 14.9. The lowest BCUT2D eigenvalue weighted by Crippen LogP contribution is -2.60. The van der Waals surface area contributed by atoms with Gasteiger partial charge in [0.05, 0.1) is 19.2 Å². The minimum atomic E-state index is -0.799. The SMILES string of the molecule is COC(=O)C1CN(C(=O)C2CCNCC2)CCN1C(=O)c1cccnc1. The Balaban J connectivity index is 1.74. The van der Waals surface area contributed by atoms with Gasteiger partial charge in [-0.3, -0.25) is 14.6 Å². The molecule has 2 amide bonds. The van der Waals surface area contributed by atoms with Gasteiger partial charge in [0.15, 0.2) is 0 Å². The molecular formula is C18H24N4O4. The number of hydrogen-bond donors (Lipinski definition) is 1. The minimum Gasteiger partial charge on any atom is -0.467 e. The van der Waals surface area contributed by atoms with Gasteiger partial charge >= 0.3 is 5.97 Å². The average Bonchev–Trinajstić information content (AvgIpc) is 2.73. The molecule has 1 aromatic rings. The van der Waals surface area contributed by atoms with Crippen molar-refractivity contribution in [1.29, 1.82) is 0 Å². The number of amides is 2. The van der Waals surface area contributed by atoms with Crippen LogP contribution < -0.4 is 5.32 Å². The second kappa shape index (κ2) is 8.27. The predicted molar refractivity (Wildman–Crippen MR) is 93.3 cm³/mol. The van der Waals surface area contributed by atoms with Crippen LogP contribution in [0, 0.1) is 5.92 Å². The van der Waals surface area contributed by atoms with Crippen LogP contribution in [0.15, 0.2) is 24.5 Å². The highest BCUT2D eigenvalue weighted by atomic mass is 16.5. The van der Waals surface area contributed by atoms with Crippen LogP contribution in [0.2, 0.25) is 0 Å². The summed E-state index contributed by atoms with van der Waals surface area (Å²) in [6, 6.07) is 2.54. The molecule has 140 valence electrons. The molecule has 2 aliphatic heterocycles. The summed E-state index contributed by atoms with van der Waals surface area (Å²) in [4.78, 5) is 45.0. The molecule has 1 unspecified atom stereocenters. The number of hydrogen-bond acceptors (Lipinski definition) is 6. The lowest BCUT2D eigenvalue weighted by Gasteiger charge is -2.41. The number of ether oxygens (including phenoxy) is 1. The van der Waals surface area contributed by atoms with E-state index in [1.165, 1.54) is 18.2 Å². The fraction of sp³-hybridized carbons (Fsp3) is 0.556. The van der Waals surface area contributed by atoms with E-state index in [4.69, 9.17) is 4.74 Å². The van der Waals surface area contributed by atoms with E-state index in [2.05, 4.69) is 10.3 Å². The number of nitrogens with zero attached hydrogens (tertiary/aromatic N) is 3. The molecular weight excluding hydrogens is 336 g/mol. The van der Waals surface area contributed by atoms with Gasteiger partial charge in [-0.1, -0.05) is 0 Å². The summed E-state index contributed by atoms with van der Waals surface area (Å²) < 4.78 is 4.88. The first-order valence-corrected chi connectivity index (χ1v) is 8.90. The van der Waals surface area contributed by atoms with Crippen molar-refractivity contribution in [2.45, 2.75) is 18.9 Å². The van der Waals surface area contributed by atoms with Crippen molar-refractivity contribution in [2.24, 2.45) is 5.92 Å². The summed E-state index contributed by atoms with van der Waals surface area (Å²) in [6.45, 7) is 2.54. The van der Waals surface area contributed by atoms with E-state index in [9.17, 15) is 14.4 Å². The molecule has 0 radical (unpaired) electrons. The molecule has 0 bridgehead atoms. The lowest BCUT2D eigenvalue weighted by atomic mass is 9.95. The molecule has 1 atom stereocenters. The Kier molecular flexibility index (Phi) is 5.82. The largest absolute Gasteiger partial charge is 0.467 e. The maximum absolute atomic E-state index is 12.8. The fourth-order valence-corrected chi connectivity index (χ4v) is 3.55. The zero-order chi connectivity index (χ0) is 18.5. The van der Waals surface area contributed by atoms with E-state index in [-0.39, 0.29) is 24.3 Å². The van der Waals surface area contributed by atoms with Crippen LogP contribution in [0.5, 0.6) is 0 Å². The number of pyridine rings is 1. The van der Waals surface area contributed by atoms with E-state index in [0.717, 1.165) is 25.9 Å². The Morgan fingerprint density at radius 1 is 1.23 bits per heavy atom. The standard InChI is InChI=1S/C18H24N4O4/c1-26-18(25)15-12-21(16(23)13-4-7-19-8-5-13)9-10-22(15)17(24)14-3-2-6-20-11-14/h2-3,6,11,13,15,19H,4-5,7-10,12H2,1H3. The number of carbonyl (C=O) groups is 3. The van der Waals surface area contributed by atoms with Crippen LogP contribution in [0.3, 0.4) is 0 Å². The van der Waals surface area contributed by atoms with Crippen LogP contribution in [0.1, 0.15) is 23.2 Å². The molecule has 1 N–H and O–H groups in total. The quantitative estimate of drug-likeness (QED) is 0.758. The summed E-state index contributed by atoms with van der Waals surface area (Å²) in [7, 11) is 1.29. The molecule has 0 saturated carbocycles. The molecule has 2 fully saturated rings. The van der Waals surface area contributed by atoms with Crippen LogP contribution >= 0.6 is 0 Å². The highest BCUT2D eigenvalue weighted by Gasteiger charge is 2.39. The Hall–Kier alpha value is -2.48. The van der Waals surface area contributed by atoms with Crippen molar-refractivity contribution in [3.05, 3.63) is 30.1 Å². The van der Waals surface area contributed by atoms with E-state index in [1.54, 1.807) is 23.2 Å². The van der Waals surface area contributed by atoms with Crippen molar-refractivity contribution in [2.75, 3.05) is 39.8 Å². The van der Waals surface area contributed by atoms with E-state index in [1.807, 2.05) is 0 Å². The topological polar surface area (TPSA) is 91.8 Å². The van der Waals surface area contributed by atoms with Crippen LogP contribution in [-0.4, -0.2) is 78.4 Å². The summed E-state index contributed by atoms with van der Waals surface area (Å²) in [5, 5.41) is 3.25. The van der Waals surface area contributed by atoms with E-state index >= 15 is 0 Å². The number of rotatable bonds is 3. The number of carbonyl (C=O) groups excluding carboxylic acids is 3. The molecule has 8 heteroatoms. The van der Waals surface area contributed by atoms with Gasteiger partial charge in [0.1, 0.15) is 6.04 Å². The molecule has 2 saturated heterocycles. The number of piperidine rings is 1. The van der Waals surface area contributed by atoms with Gasteiger partial charge in [-0.25, -0.2) is 4.79 Å². The monoisotopic (exact) mass is 360 g/mol. The second-order valence-electron chi connectivity index (χ2n) is 6.59. The van der Waals surface area contributed by atoms with Crippen LogP contribution in [-0.2, 0) is 14.3 Å². The number of esters is 1. The van der Waals surface area contributed by atoms with Crippen molar-refractivity contribution in [3.8, 4) is 0 Å². The van der Waals surface area contributed by atoms with Crippen molar-refractivity contribution >= 4 is 17.8 Å². The predicted octanol–water partition coefficient (Wildman–Crippen LogP) is -0.0928. The highest BCUT2D eigenvalue weighted by Crippen LogP contribution is 2.20. The molecule has 1 aromatic heterocycles. The Morgan fingerprint density at radius 3 is 2.65 bits per heavy atom. The molecule has 8 nitrogen and oxygen atoms in total. The molecule has 0 spiro atoms. The third-order valence-corrected chi connectivity index (χ3v) is 5.02. The average molecular weight is 360 g/mol. The lowest BCUT2D eigenvalue weighted by molar-refractivity contribution is -0.151. The second-order valence-corrected chi connectivity index (χ2v) is 6.59. The van der Waals surface area contributed by atoms with Gasteiger partial charge in [0, 0.05) is 31.4 Å². The van der Waals surface area contributed by atoms with Gasteiger partial charge in [-0.05, 0) is 38.1 Å². The Labute approximate surface area is 152 Å². The molecule has 3 rings (SSSR count). The summed E-state index contributed by atoms with van der Waals surface area (Å²) in [5.41, 5.74) is 0.416. The fourth-order valence-electron chi connectivity index (χ4n) is 3.55. The maximum Gasteiger partial charge on any atom is 0.330 e.